The number of hydrogen-bond acceptors (Lipinski definition) is 6. The van der Waals surface area contributed by atoms with Gasteiger partial charge in [-0.05, 0) is 160 Å². The number of fused-ring (bicyclic) bond motifs is 8. The highest BCUT2D eigenvalue weighted by molar-refractivity contribution is 6.04. The van der Waals surface area contributed by atoms with Gasteiger partial charge in [-0.3, -0.25) is 0 Å². The van der Waals surface area contributed by atoms with E-state index in [1.165, 1.54) is 21.5 Å². The predicted molar refractivity (Wildman–Crippen MR) is 298 cm³/mol. The van der Waals surface area contributed by atoms with Crippen LogP contribution in [0.1, 0.15) is 19.4 Å². The number of aromatic nitrogens is 6. The molecule has 0 atom stereocenters. The second kappa shape index (κ2) is 17.7. The van der Waals surface area contributed by atoms with Gasteiger partial charge in [0.15, 0.2) is 0 Å². The Labute approximate surface area is 416 Å². The van der Waals surface area contributed by atoms with Crippen LogP contribution in [-0.2, 0) is 0 Å². The average molecular weight is 927 g/mol. The van der Waals surface area contributed by atoms with Crippen LogP contribution in [0.3, 0.4) is 0 Å². The summed E-state index contributed by atoms with van der Waals surface area (Å²) < 4.78 is 0. The summed E-state index contributed by atoms with van der Waals surface area (Å²) in [4.78, 5) is 8.09. The first-order chi connectivity index (χ1) is 35.5. The molecule has 2 heterocycles. The Bertz CT molecular complexity index is 4240. The number of anilines is 5. The summed E-state index contributed by atoms with van der Waals surface area (Å²) in [5.74, 6) is 0. The van der Waals surface area contributed by atoms with E-state index in [9.17, 15) is 0 Å². The third-order valence-corrected chi connectivity index (χ3v) is 13.7. The van der Waals surface area contributed by atoms with E-state index in [1.54, 1.807) is 9.59 Å². The molecule has 0 saturated carbocycles. The van der Waals surface area contributed by atoms with E-state index >= 15 is 0 Å². The molecular formula is C64H46N8. The van der Waals surface area contributed by atoms with Gasteiger partial charge in [-0.1, -0.05) is 140 Å². The van der Waals surface area contributed by atoms with Gasteiger partial charge in [0.2, 0.25) is 0 Å². The smallest absolute Gasteiger partial charge is 0.121 e. The third-order valence-electron chi connectivity index (χ3n) is 13.7. The molecule has 0 amide bonds. The molecule has 0 radical (unpaired) electrons. The van der Waals surface area contributed by atoms with Crippen LogP contribution >= 0.6 is 0 Å². The van der Waals surface area contributed by atoms with Gasteiger partial charge in [0.1, 0.15) is 22.1 Å². The molecule has 72 heavy (non-hydrogen) atoms. The van der Waals surface area contributed by atoms with Crippen molar-refractivity contribution >= 4 is 99.2 Å². The van der Waals surface area contributed by atoms with Crippen molar-refractivity contribution in [3.8, 4) is 11.4 Å². The molecule has 13 rings (SSSR count). The molecule has 342 valence electrons. The summed E-state index contributed by atoms with van der Waals surface area (Å²) in [6, 6.07) is 81.0. The number of allylic oxidation sites excluding steroid dienone is 4. The van der Waals surface area contributed by atoms with Crippen molar-refractivity contribution in [1.29, 1.82) is 0 Å². The SMILES string of the molecule is C/C(=C\C=C(/C)N(c1ccc(-n2nc3ccc4ccccc4c3n2)cc1)c1ccc2ccccc2c1)c1ccc(N(c2ccc(-n3nc4ccc5ccccc5c4n3)cc2)c2ccc3ccccc3c2)cc1. The van der Waals surface area contributed by atoms with Crippen molar-refractivity contribution in [2.24, 2.45) is 0 Å². The van der Waals surface area contributed by atoms with Gasteiger partial charge >= 0.3 is 0 Å². The van der Waals surface area contributed by atoms with Crippen LogP contribution in [0.15, 0.2) is 248 Å². The molecule has 0 aliphatic carbocycles. The van der Waals surface area contributed by atoms with E-state index in [1.807, 2.05) is 24.3 Å². The normalized spacial score (nSPS) is 12.2. The first-order valence-electron chi connectivity index (χ1n) is 24.2. The Hall–Kier alpha value is -9.66. The minimum absolute atomic E-state index is 0.866. The molecule has 0 unspecified atom stereocenters. The van der Waals surface area contributed by atoms with Gasteiger partial charge in [-0.2, -0.15) is 9.59 Å². The van der Waals surface area contributed by atoms with Crippen LogP contribution in [0.5, 0.6) is 0 Å². The maximum atomic E-state index is 4.94. The summed E-state index contributed by atoms with van der Waals surface area (Å²) in [7, 11) is 0. The van der Waals surface area contributed by atoms with Gasteiger partial charge in [0.25, 0.3) is 0 Å². The minimum Gasteiger partial charge on any atom is -0.314 e. The topological polar surface area (TPSA) is 67.9 Å². The first kappa shape index (κ1) is 42.4. The fraction of sp³-hybridized carbons (Fsp3) is 0.0312. The number of benzene rings is 11. The van der Waals surface area contributed by atoms with Crippen LogP contribution in [-0.4, -0.2) is 30.0 Å². The Morgan fingerprint density at radius 1 is 0.361 bits per heavy atom. The average Bonchev–Trinajstić information content (AvgIpc) is 4.09. The van der Waals surface area contributed by atoms with Crippen LogP contribution in [0.4, 0.5) is 28.4 Å². The summed E-state index contributed by atoms with van der Waals surface area (Å²) in [6.45, 7) is 4.34. The van der Waals surface area contributed by atoms with Gasteiger partial charge < -0.3 is 9.80 Å². The summed E-state index contributed by atoms with van der Waals surface area (Å²) in [6.07, 6.45) is 4.42. The monoisotopic (exact) mass is 926 g/mol. The zero-order valence-corrected chi connectivity index (χ0v) is 39.7. The van der Waals surface area contributed by atoms with E-state index in [4.69, 9.17) is 20.4 Å². The fourth-order valence-corrected chi connectivity index (χ4v) is 9.92. The first-order valence-corrected chi connectivity index (χ1v) is 24.2. The molecule has 0 bridgehead atoms. The van der Waals surface area contributed by atoms with Crippen LogP contribution in [0.2, 0.25) is 0 Å². The van der Waals surface area contributed by atoms with E-state index in [0.29, 0.717) is 0 Å². The van der Waals surface area contributed by atoms with E-state index in [2.05, 4.69) is 242 Å². The van der Waals surface area contributed by atoms with Gasteiger partial charge in [-0.25, -0.2) is 0 Å². The number of hydrogen-bond donors (Lipinski definition) is 0. The van der Waals surface area contributed by atoms with Gasteiger partial charge in [0.05, 0.1) is 11.4 Å². The highest BCUT2D eigenvalue weighted by Gasteiger charge is 2.17. The van der Waals surface area contributed by atoms with Crippen molar-refractivity contribution in [1.82, 2.24) is 30.0 Å². The quantitative estimate of drug-likeness (QED) is 0.127. The predicted octanol–water partition coefficient (Wildman–Crippen LogP) is 16.4. The van der Waals surface area contributed by atoms with Crippen LogP contribution < -0.4 is 9.80 Å². The lowest BCUT2D eigenvalue weighted by Crippen LogP contribution is -2.14. The molecule has 8 nitrogen and oxygen atoms in total. The van der Waals surface area contributed by atoms with Gasteiger partial charge in [-0.15, -0.1) is 20.4 Å². The molecule has 0 fully saturated rings. The van der Waals surface area contributed by atoms with Crippen molar-refractivity contribution in [3.63, 3.8) is 0 Å². The molecule has 13 aromatic rings. The molecule has 11 aromatic carbocycles. The minimum atomic E-state index is 0.866. The highest BCUT2D eigenvalue weighted by atomic mass is 15.5. The Morgan fingerprint density at radius 3 is 1.32 bits per heavy atom. The van der Waals surface area contributed by atoms with Crippen LogP contribution in [0, 0.1) is 0 Å². The Morgan fingerprint density at radius 2 is 0.778 bits per heavy atom. The largest absolute Gasteiger partial charge is 0.314 e. The summed E-state index contributed by atoms with van der Waals surface area (Å²) >= 11 is 0. The lowest BCUT2D eigenvalue weighted by atomic mass is 10.0. The number of nitrogens with zero attached hydrogens (tertiary/aromatic N) is 8. The zero-order valence-electron chi connectivity index (χ0n) is 39.7. The molecule has 0 aliphatic heterocycles. The second-order valence-corrected chi connectivity index (χ2v) is 18.3. The number of rotatable bonds is 10. The molecule has 0 saturated heterocycles. The van der Waals surface area contributed by atoms with E-state index in [0.717, 1.165) is 100 Å². The molecular weight excluding hydrogens is 881 g/mol. The lowest BCUT2D eigenvalue weighted by molar-refractivity contribution is 0.766. The van der Waals surface area contributed by atoms with Crippen molar-refractivity contribution in [2.75, 3.05) is 9.80 Å². The zero-order chi connectivity index (χ0) is 48.1. The third kappa shape index (κ3) is 7.77. The molecule has 0 aliphatic rings. The fourth-order valence-electron chi connectivity index (χ4n) is 9.92. The van der Waals surface area contributed by atoms with Crippen molar-refractivity contribution < 1.29 is 0 Å². The van der Waals surface area contributed by atoms with E-state index < -0.39 is 0 Å². The Kier molecular flexibility index (Phi) is 10.4. The maximum absolute atomic E-state index is 4.94. The van der Waals surface area contributed by atoms with Crippen LogP contribution in [0.25, 0.3) is 82.1 Å². The molecule has 0 N–H and O–H groups in total. The van der Waals surface area contributed by atoms with Crippen molar-refractivity contribution in [3.05, 3.63) is 254 Å². The van der Waals surface area contributed by atoms with Gasteiger partial charge in [0, 0.05) is 44.9 Å². The summed E-state index contributed by atoms with van der Waals surface area (Å²) in [5.41, 5.74) is 13.9. The molecule has 8 heteroatoms. The molecule has 2 aromatic heterocycles. The highest BCUT2D eigenvalue weighted by Crippen LogP contribution is 2.38. The van der Waals surface area contributed by atoms with E-state index in [-0.39, 0.29) is 0 Å². The summed E-state index contributed by atoms with van der Waals surface area (Å²) in [5, 5.41) is 28.9. The second-order valence-electron chi connectivity index (χ2n) is 18.3. The standard InChI is InChI=1S/C64H46N8/c1-43(19-20-44(2)69(57-29-23-46-11-3-5-15-50(46)41-57)52-31-35-55(36-32-52)71-65-61-39-25-48-13-7-9-17-59(48)63(61)67-71)45-21-27-53(28-22-45)70(58-30-24-47-12-4-6-16-51(47)42-58)54-33-37-56(38-34-54)72-66-62-40-26-49-14-8-10-18-60(49)64(62)68-72/h3-42H,1-2H3/b43-19+,44-20+. The molecule has 0 spiro atoms. The maximum Gasteiger partial charge on any atom is 0.121 e. The lowest BCUT2D eigenvalue weighted by Gasteiger charge is -2.26. The Balaban J connectivity index is 0.816. The van der Waals surface area contributed by atoms with Crippen molar-refractivity contribution in [2.45, 2.75) is 13.8 Å².